The van der Waals surface area contributed by atoms with E-state index in [2.05, 4.69) is 96.8 Å². The van der Waals surface area contributed by atoms with E-state index in [9.17, 15) is 10.2 Å². The summed E-state index contributed by atoms with van der Waals surface area (Å²) in [4.78, 5) is 0. The SMILES string of the molecule is OCCCC1(C2(CCCO)c3ccccc3-c3ccccc32)C2=C=CC=CC=C2c2ccccc21. The second kappa shape index (κ2) is 8.66. The monoisotopic (exact) mass is 458 g/mol. The maximum Gasteiger partial charge on any atom is 0.0431 e. The third-order valence-electron chi connectivity index (χ3n) is 8.28. The van der Waals surface area contributed by atoms with Crippen LogP contribution in [0.5, 0.6) is 0 Å². The van der Waals surface area contributed by atoms with Gasteiger partial charge >= 0.3 is 0 Å². The Balaban J connectivity index is 1.80. The molecule has 0 radical (unpaired) electrons. The smallest absolute Gasteiger partial charge is 0.0431 e. The van der Waals surface area contributed by atoms with Gasteiger partial charge in [0, 0.05) is 29.6 Å². The van der Waals surface area contributed by atoms with Crippen LogP contribution in [-0.2, 0) is 10.8 Å². The molecule has 3 aliphatic carbocycles. The number of allylic oxidation sites excluding steroid dienone is 5. The molecule has 0 aliphatic heterocycles. The molecule has 0 bridgehead atoms. The molecule has 3 aromatic rings. The zero-order chi connectivity index (χ0) is 23.9. The van der Waals surface area contributed by atoms with Crippen molar-refractivity contribution in [2.24, 2.45) is 0 Å². The van der Waals surface area contributed by atoms with Crippen molar-refractivity contribution in [3.8, 4) is 11.1 Å². The van der Waals surface area contributed by atoms with Crippen LogP contribution in [0.4, 0.5) is 0 Å². The van der Waals surface area contributed by atoms with E-state index in [1.165, 1.54) is 44.5 Å². The van der Waals surface area contributed by atoms with Crippen LogP contribution in [-0.4, -0.2) is 23.4 Å². The average molecular weight is 459 g/mol. The molecule has 0 heterocycles. The van der Waals surface area contributed by atoms with Gasteiger partial charge in [0.15, 0.2) is 0 Å². The lowest BCUT2D eigenvalue weighted by atomic mass is 9.51. The number of aliphatic hydroxyl groups excluding tert-OH is 2. The Kier molecular flexibility index (Phi) is 5.46. The summed E-state index contributed by atoms with van der Waals surface area (Å²) in [6, 6.07) is 26.4. The largest absolute Gasteiger partial charge is 0.396 e. The molecule has 0 fully saturated rings. The Morgan fingerprint density at radius 2 is 1.11 bits per heavy atom. The molecule has 2 heteroatoms. The number of hydrogen-bond acceptors (Lipinski definition) is 2. The minimum atomic E-state index is -0.432. The third kappa shape index (κ3) is 2.91. The molecule has 3 aromatic carbocycles. The summed E-state index contributed by atoms with van der Waals surface area (Å²) in [5.74, 6) is 0. The Labute approximate surface area is 207 Å². The van der Waals surface area contributed by atoms with Crippen LogP contribution in [0, 0.1) is 0 Å². The van der Waals surface area contributed by atoms with Gasteiger partial charge in [-0.2, -0.15) is 0 Å². The van der Waals surface area contributed by atoms with Gasteiger partial charge in [-0.05, 0) is 70.7 Å². The van der Waals surface area contributed by atoms with E-state index in [0.717, 1.165) is 12.8 Å². The molecule has 6 rings (SSSR count). The van der Waals surface area contributed by atoms with E-state index in [-0.39, 0.29) is 13.2 Å². The first-order valence-corrected chi connectivity index (χ1v) is 12.6. The summed E-state index contributed by atoms with van der Waals surface area (Å²) >= 11 is 0. The van der Waals surface area contributed by atoms with Gasteiger partial charge in [-0.3, -0.25) is 0 Å². The molecular formula is C33H30O2. The summed E-state index contributed by atoms with van der Waals surface area (Å²) in [5.41, 5.74) is 13.0. The van der Waals surface area contributed by atoms with E-state index >= 15 is 0 Å². The molecule has 1 unspecified atom stereocenters. The first kappa shape index (κ1) is 22.1. The van der Waals surface area contributed by atoms with Gasteiger partial charge < -0.3 is 10.2 Å². The Morgan fingerprint density at radius 1 is 0.600 bits per heavy atom. The van der Waals surface area contributed by atoms with Crippen LogP contribution in [0.1, 0.15) is 47.9 Å². The van der Waals surface area contributed by atoms with Crippen LogP contribution in [0.15, 0.2) is 108 Å². The number of aliphatic hydroxyl groups is 2. The molecule has 3 aliphatic rings. The van der Waals surface area contributed by atoms with E-state index in [0.29, 0.717) is 12.8 Å². The number of rotatable bonds is 7. The van der Waals surface area contributed by atoms with E-state index in [1.54, 1.807) is 0 Å². The molecule has 2 nitrogen and oxygen atoms in total. The van der Waals surface area contributed by atoms with Crippen molar-refractivity contribution in [3.63, 3.8) is 0 Å². The maximum atomic E-state index is 10.1. The van der Waals surface area contributed by atoms with E-state index < -0.39 is 10.8 Å². The molecule has 0 spiro atoms. The van der Waals surface area contributed by atoms with Crippen LogP contribution in [0.25, 0.3) is 16.7 Å². The quantitative estimate of drug-likeness (QED) is 0.398. The highest BCUT2D eigenvalue weighted by molar-refractivity contribution is 5.94. The molecule has 1 atom stereocenters. The van der Waals surface area contributed by atoms with Crippen molar-refractivity contribution in [3.05, 3.63) is 131 Å². The van der Waals surface area contributed by atoms with Crippen molar-refractivity contribution in [1.29, 1.82) is 0 Å². The summed E-state index contributed by atoms with van der Waals surface area (Å²) < 4.78 is 0. The number of fused-ring (bicyclic) bond motifs is 6. The highest BCUT2D eigenvalue weighted by atomic mass is 16.3. The van der Waals surface area contributed by atoms with E-state index in [1.807, 2.05) is 6.08 Å². The molecule has 0 saturated carbocycles. The normalized spacial score (nSPS) is 20.4. The second-order valence-electron chi connectivity index (χ2n) is 9.75. The Hall–Kier alpha value is -3.42. The van der Waals surface area contributed by atoms with Gasteiger partial charge in [-0.1, -0.05) is 91.0 Å². The van der Waals surface area contributed by atoms with Crippen LogP contribution in [0.3, 0.4) is 0 Å². The van der Waals surface area contributed by atoms with Crippen LogP contribution in [0.2, 0.25) is 0 Å². The minimum absolute atomic E-state index is 0.136. The van der Waals surface area contributed by atoms with Crippen molar-refractivity contribution in [1.82, 2.24) is 0 Å². The zero-order valence-corrected chi connectivity index (χ0v) is 19.9. The fraction of sp³-hybridized carbons (Fsp3) is 0.242. The van der Waals surface area contributed by atoms with Crippen molar-refractivity contribution in [2.45, 2.75) is 36.5 Å². The second-order valence-corrected chi connectivity index (χ2v) is 9.75. The predicted octanol–water partition coefficient (Wildman–Crippen LogP) is 6.48. The molecule has 0 saturated heterocycles. The van der Waals surface area contributed by atoms with Crippen LogP contribution >= 0.6 is 0 Å². The lowest BCUT2D eigenvalue weighted by Crippen LogP contribution is -2.49. The Morgan fingerprint density at radius 3 is 1.71 bits per heavy atom. The summed E-state index contributed by atoms with van der Waals surface area (Å²) in [6.07, 6.45) is 11.4. The van der Waals surface area contributed by atoms with Crippen molar-refractivity contribution in [2.75, 3.05) is 13.2 Å². The van der Waals surface area contributed by atoms with Gasteiger partial charge in [0.2, 0.25) is 0 Å². The lowest BCUT2D eigenvalue weighted by Gasteiger charge is -2.50. The van der Waals surface area contributed by atoms with Gasteiger partial charge in [-0.25, -0.2) is 0 Å². The fourth-order valence-corrected chi connectivity index (χ4v) is 7.17. The topological polar surface area (TPSA) is 40.5 Å². The minimum Gasteiger partial charge on any atom is -0.396 e. The predicted molar refractivity (Wildman–Crippen MR) is 142 cm³/mol. The molecule has 2 N–H and O–H groups in total. The molecular weight excluding hydrogens is 428 g/mol. The summed E-state index contributed by atoms with van der Waals surface area (Å²) in [6.45, 7) is 0.278. The van der Waals surface area contributed by atoms with E-state index in [4.69, 9.17) is 0 Å². The highest BCUT2D eigenvalue weighted by Crippen LogP contribution is 2.68. The van der Waals surface area contributed by atoms with Crippen molar-refractivity contribution < 1.29 is 10.2 Å². The fourth-order valence-electron chi connectivity index (χ4n) is 7.17. The van der Waals surface area contributed by atoms with Gasteiger partial charge in [0.1, 0.15) is 0 Å². The highest BCUT2D eigenvalue weighted by Gasteiger charge is 2.62. The third-order valence-corrected chi connectivity index (χ3v) is 8.28. The summed E-state index contributed by atoms with van der Waals surface area (Å²) in [5, 5.41) is 20.3. The van der Waals surface area contributed by atoms with Crippen LogP contribution < -0.4 is 0 Å². The lowest BCUT2D eigenvalue weighted by molar-refractivity contribution is 0.210. The molecule has 0 amide bonds. The maximum absolute atomic E-state index is 10.1. The Bertz CT molecular complexity index is 1370. The van der Waals surface area contributed by atoms with Gasteiger partial charge in [0.25, 0.3) is 0 Å². The average Bonchev–Trinajstić information content (AvgIpc) is 3.19. The first-order valence-electron chi connectivity index (χ1n) is 12.6. The van der Waals surface area contributed by atoms with Gasteiger partial charge in [0.05, 0.1) is 0 Å². The molecule has 35 heavy (non-hydrogen) atoms. The standard InChI is InChI=1S/C33H30O2/c34-22-10-20-32(28-16-3-1-2-12-24(28)25-13-4-7-17-29(25)32)33(21-11-23-35)30-18-8-5-14-26(30)27-15-6-9-19-31(27)33/h1-9,12-15,17-19,34-35H,10-11,20-23H2. The first-order chi connectivity index (χ1) is 17.3. The van der Waals surface area contributed by atoms with Crippen molar-refractivity contribution >= 4 is 5.57 Å². The molecule has 0 aromatic heterocycles. The van der Waals surface area contributed by atoms with Gasteiger partial charge in [-0.15, -0.1) is 5.73 Å². The number of hydrogen-bond donors (Lipinski definition) is 2. The zero-order valence-electron chi connectivity index (χ0n) is 19.9. The number of benzene rings is 3. The molecule has 174 valence electrons. The summed E-state index contributed by atoms with van der Waals surface area (Å²) in [7, 11) is 0.